The van der Waals surface area contributed by atoms with Crippen molar-refractivity contribution in [3.05, 3.63) is 71.4 Å². The predicted molar refractivity (Wildman–Crippen MR) is 101 cm³/mol. The molecule has 5 heteroatoms. The van der Waals surface area contributed by atoms with Crippen LogP contribution >= 0.6 is 0 Å². The molecule has 5 nitrogen and oxygen atoms in total. The number of carbonyl (C=O) groups is 1. The number of aliphatic hydroxyl groups is 2. The van der Waals surface area contributed by atoms with Gasteiger partial charge in [0, 0.05) is 43.8 Å². The highest BCUT2D eigenvalue weighted by Gasteiger charge is 2.46. The van der Waals surface area contributed by atoms with Crippen LogP contribution in [0.3, 0.4) is 0 Å². The van der Waals surface area contributed by atoms with E-state index in [0.29, 0.717) is 0 Å². The number of ketones is 1. The number of nitrogens with zero attached hydrogens (tertiary/aromatic N) is 2. The molecule has 0 spiro atoms. The largest absolute Gasteiger partial charge is 0.391 e. The van der Waals surface area contributed by atoms with Crippen LogP contribution in [0.5, 0.6) is 0 Å². The van der Waals surface area contributed by atoms with Crippen molar-refractivity contribution in [3.63, 3.8) is 0 Å². The Bertz CT molecular complexity index is 747. The first-order chi connectivity index (χ1) is 12.3. The average molecular weight is 354 g/mol. The smallest absolute Gasteiger partial charge is 0.171 e. The zero-order valence-corrected chi connectivity index (χ0v) is 15.6. The highest BCUT2D eigenvalue weighted by Crippen LogP contribution is 2.34. The van der Waals surface area contributed by atoms with Crippen LogP contribution in [-0.4, -0.2) is 52.1 Å². The fourth-order valence-electron chi connectivity index (χ4n) is 3.50. The Morgan fingerprint density at radius 2 is 1.54 bits per heavy atom. The summed E-state index contributed by atoms with van der Waals surface area (Å²) < 4.78 is 0. The molecule has 0 bridgehead atoms. The Morgan fingerprint density at radius 3 is 2.12 bits per heavy atom. The lowest BCUT2D eigenvalue weighted by molar-refractivity contribution is -0.127. The van der Waals surface area contributed by atoms with Crippen LogP contribution in [0.4, 0.5) is 0 Å². The molecule has 1 aliphatic carbocycles. The van der Waals surface area contributed by atoms with E-state index in [1.54, 1.807) is 12.2 Å². The summed E-state index contributed by atoms with van der Waals surface area (Å²) >= 11 is 0. The monoisotopic (exact) mass is 354 g/mol. The Kier molecular flexibility index (Phi) is 5.03. The molecule has 3 rings (SSSR count). The topological polar surface area (TPSA) is 64.0 Å². The van der Waals surface area contributed by atoms with Gasteiger partial charge >= 0.3 is 0 Å². The Balaban J connectivity index is 1.86. The minimum Gasteiger partial charge on any atom is -0.391 e. The Labute approximate surface area is 154 Å². The van der Waals surface area contributed by atoms with Crippen LogP contribution in [0.15, 0.2) is 71.4 Å². The van der Waals surface area contributed by atoms with Crippen molar-refractivity contribution in [3.8, 4) is 0 Å². The fourth-order valence-corrected chi connectivity index (χ4v) is 3.50. The van der Waals surface area contributed by atoms with Gasteiger partial charge in [0.1, 0.15) is 6.10 Å². The number of Topliss-reactive ketones (excluding diaryl/α,β-unsaturated/α-hetero) is 1. The van der Waals surface area contributed by atoms with Crippen molar-refractivity contribution in [2.45, 2.75) is 26.1 Å². The molecule has 2 N–H and O–H groups in total. The van der Waals surface area contributed by atoms with Crippen LogP contribution < -0.4 is 0 Å². The third kappa shape index (κ3) is 3.45. The summed E-state index contributed by atoms with van der Waals surface area (Å²) in [4.78, 5) is 16.5. The number of allylic oxidation sites excluding steroid dienone is 8. The van der Waals surface area contributed by atoms with Crippen LogP contribution in [0.25, 0.3) is 0 Å². The zero-order chi connectivity index (χ0) is 19.0. The van der Waals surface area contributed by atoms with Crippen LogP contribution in [0, 0.1) is 11.8 Å². The summed E-state index contributed by atoms with van der Waals surface area (Å²) in [5.74, 6) is -1.65. The van der Waals surface area contributed by atoms with E-state index in [1.807, 2.05) is 69.5 Å². The van der Waals surface area contributed by atoms with Gasteiger partial charge in [-0.05, 0) is 49.3 Å². The minimum atomic E-state index is -1.19. The van der Waals surface area contributed by atoms with E-state index in [2.05, 4.69) is 4.90 Å². The van der Waals surface area contributed by atoms with Crippen molar-refractivity contribution >= 4 is 5.78 Å². The van der Waals surface area contributed by atoms with Crippen molar-refractivity contribution < 1.29 is 15.0 Å². The van der Waals surface area contributed by atoms with Gasteiger partial charge in [-0.25, -0.2) is 0 Å². The number of hydrogen-bond donors (Lipinski definition) is 2. The molecule has 1 fully saturated rings. The first-order valence-electron chi connectivity index (χ1n) is 8.80. The Hall–Kier alpha value is -2.37. The molecule has 26 heavy (non-hydrogen) atoms. The van der Waals surface area contributed by atoms with Crippen molar-refractivity contribution in [2.24, 2.45) is 11.8 Å². The van der Waals surface area contributed by atoms with E-state index in [1.165, 1.54) is 0 Å². The predicted octanol–water partition coefficient (Wildman–Crippen LogP) is 2.10. The summed E-state index contributed by atoms with van der Waals surface area (Å²) in [6.45, 7) is 4.00. The second-order valence-electron chi connectivity index (χ2n) is 7.20. The molecule has 0 amide bonds. The van der Waals surface area contributed by atoms with E-state index >= 15 is 0 Å². The quantitative estimate of drug-likeness (QED) is 0.795. The molecule has 0 radical (unpaired) electrons. The maximum absolute atomic E-state index is 12.5. The molecule has 0 saturated heterocycles. The fraction of sp³-hybridized carbons (Fsp3) is 0.381. The average Bonchev–Trinajstić information content (AvgIpc) is 2.79. The molecule has 138 valence electrons. The SMILES string of the molecule is CC1=CC(=CC2C(=O)C(O)C(C=C3C=CN(C)C=C3)C2O)C=C(C)N1C. The maximum atomic E-state index is 12.5. The highest BCUT2D eigenvalue weighted by atomic mass is 16.3. The highest BCUT2D eigenvalue weighted by molar-refractivity contribution is 5.91. The van der Waals surface area contributed by atoms with E-state index in [9.17, 15) is 15.0 Å². The molecule has 3 aliphatic rings. The minimum absolute atomic E-state index is 0.330. The molecular formula is C21H26N2O3. The summed E-state index contributed by atoms with van der Waals surface area (Å²) in [5.41, 5.74) is 3.89. The molecule has 4 unspecified atom stereocenters. The summed E-state index contributed by atoms with van der Waals surface area (Å²) in [6, 6.07) is 0. The summed E-state index contributed by atoms with van der Waals surface area (Å²) in [6.07, 6.45) is 12.9. The molecular weight excluding hydrogens is 328 g/mol. The number of rotatable bonds is 2. The normalized spacial score (nSPS) is 31.4. The second kappa shape index (κ2) is 7.09. The lowest BCUT2D eigenvalue weighted by Gasteiger charge is -2.25. The number of carbonyl (C=O) groups excluding carboxylic acids is 1. The van der Waals surface area contributed by atoms with Gasteiger partial charge in [0.2, 0.25) is 0 Å². The standard InChI is InChI=1S/C21H26N2O3/c1-13-9-16(10-14(2)23(13)4)12-18-19(24)17(20(25)21(18)26)11-15-5-7-22(3)8-6-15/h5-12,17-20,24-25H,1-4H3. The van der Waals surface area contributed by atoms with E-state index in [4.69, 9.17) is 0 Å². The van der Waals surface area contributed by atoms with Crippen LogP contribution in [-0.2, 0) is 4.79 Å². The van der Waals surface area contributed by atoms with Gasteiger partial charge < -0.3 is 20.0 Å². The Morgan fingerprint density at radius 1 is 0.962 bits per heavy atom. The summed E-state index contributed by atoms with van der Waals surface area (Å²) in [7, 11) is 3.90. The van der Waals surface area contributed by atoms with Gasteiger partial charge in [-0.3, -0.25) is 4.79 Å². The molecule has 2 aliphatic heterocycles. The van der Waals surface area contributed by atoms with Gasteiger partial charge in [0.05, 0.1) is 12.0 Å². The molecule has 4 atom stereocenters. The van der Waals surface area contributed by atoms with Crippen molar-refractivity contribution in [1.29, 1.82) is 0 Å². The molecule has 0 aromatic rings. The lowest BCUT2D eigenvalue weighted by Crippen LogP contribution is -2.24. The first kappa shape index (κ1) is 18.4. The maximum Gasteiger partial charge on any atom is 0.171 e. The first-order valence-corrected chi connectivity index (χ1v) is 8.80. The molecule has 1 saturated carbocycles. The van der Waals surface area contributed by atoms with Gasteiger partial charge in [-0.1, -0.05) is 12.2 Å². The second-order valence-corrected chi connectivity index (χ2v) is 7.20. The zero-order valence-electron chi connectivity index (χ0n) is 15.6. The van der Waals surface area contributed by atoms with Gasteiger partial charge in [-0.15, -0.1) is 0 Å². The number of aliphatic hydroxyl groups excluding tert-OH is 2. The van der Waals surface area contributed by atoms with Crippen molar-refractivity contribution in [2.75, 3.05) is 14.1 Å². The molecule has 2 heterocycles. The summed E-state index contributed by atoms with van der Waals surface area (Å²) in [5, 5.41) is 21.1. The lowest BCUT2D eigenvalue weighted by atomic mass is 9.95. The van der Waals surface area contributed by atoms with Gasteiger partial charge in [-0.2, -0.15) is 0 Å². The van der Waals surface area contributed by atoms with Gasteiger partial charge in [0.25, 0.3) is 0 Å². The third-order valence-corrected chi connectivity index (χ3v) is 5.32. The molecule has 0 aromatic heterocycles. The van der Waals surface area contributed by atoms with E-state index < -0.39 is 24.0 Å². The molecule has 0 aromatic carbocycles. The van der Waals surface area contributed by atoms with E-state index in [-0.39, 0.29) is 5.78 Å². The van der Waals surface area contributed by atoms with Crippen molar-refractivity contribution in [1.82, 2.24) is 9.80 Å². The van der Waals surface area contributed by atoms with Crippen LogP contribution in [0.1, 0.15) is 13.8 Å². The third-order valence-electron chi connectivity index (χ3n) is 5.32. The van der Waals surface area contributed by atoms with E-state index in [0.717, 1.165) is 22.5 Å². The number of hydrogen-bond acceptors (Lipinski definition) is 5. The van der Waals surface area contributed by atoms with Gasteiger partial charge in [0.15, 0.2) is 5.78 Å². The van der Waals surface area contributed by atoms with Crippen LogP contribution in [0.2, 0.25) is 0 Å².